The molecule has 2 aliphatic rings. The number of nitrogens with zero attached hydrogens (tertiary/aromatic N) is 3. The van der Waals surface area contributed by atoms with Gasteiger partial charge in [0.05, 0.1) is 11.2 Å². The number of fused-ring (bicyclic) bond motifs is 1. The predicted molar refractivity (Wildman–Crippen MR) is 141 cm³/mol. The van der Waals surface area contributed by atoms with E-state index in [0.29, 0.717) is 12.5 Å². The summed E-state index contributed by atoms with van der Waals surface area (Å²) in [5.74, 6) is 0.231. The van der Waals surface area contributed by atoms with Gasteiger partial charge in [0.2, 0.25) is 0 Å². The van der Waals surface area contributed by atoms with E-state index in [1.165, 1.54) is 32.4 Å². The van der Waals surface area contributed by atoms with Crippen LogP contribution in [0.3, 0.4) is 0 Å². The Morgan fingerprint density at radius 2 is 1.83 bits per heavy atom. The van der Waals surface area contributed by atoms with Gasteiger partial charge in [0.1, 0.15) is 0 Å². The molecule has 35 heavy (non-hydrogen) atoms. The number of anilines is 1. The Morgan fingerprint density at radius 3 is 2.63 bits per heavy atom. The zero-order valence-corrected chi connectivity index (χ0v) is 20.5. The van der Waals surface area contributed by atoms with Gasteiger partial charge in [-0.3, -0.25) is 9.78 Å². The minimum absolute atomic E-state index is 0.231. The average Bonchev–Trinajstić information content (AvgIpc) is 2.92. The highest BCUT2D eigenvalue weighted by atomic mass is 16.5. The molecule has 0 aliphatic carbocycles. The normalized spacial score (nSPS) is 17.5. The van der Waals surface area contributed by atoms with Gasteiger partial charge in [-0.1, -0.05) is 30.7 Å². The van der Waals surface area contributed by atoms with Crippen LogP contribution in [0.1, 0.15) is 61.7 Å². The number of Topliss-reactive ketones (excluding diaryl/α,β-unsaturated/α-hetero) is 1. The molecule has 3 aromatic rings. The van der Waals surface area contributed by atoms with Gasteiger partial charge in [0, 0.05) is 60.3 Å². The molecule has 5 rings (SSSR count). The number of likely N-dealkylation sites (tertiary alicyclic amines) is 1. The van der Waals surface area contributed by atoms with Crippen LogP contribution in [0.2, 0.25) is 0 Å². The summed E-state index contributed by atoms with van der Waals surface area (Å²) in [7, 11) is 0. The number of hydrogen-bond acceptors (Lipinski definition) is 6. The molecule has 0 amide bonds. The van der Waals surface area contributed by atoms with E-state index in [-0.39, 0.29) is 5.78 Å². The number of rotatable bonds is 9. The van der Waals surface area contributed by atoms with Gasteiger partial charge >= 0.3 is 0 Å². The van der Waals surface area contributed by atoms with E-state index in [9.17, 15) is 4.79 Å². The first-order chi connectivity index (χ1) is 17.3. The molecule has 0 spiro atoms. The van der Waals surface area contributed by atoms with E-state index < -0.39 is 0 Å². The quantitative estimate of drug-likeness (QED) is 0.317. The molecule has 2 saturated heterocycles. The molecule has 6 heteroatoms. The van der Waals surface area contributed by atoms with E-state index >= 15 is 0 Å². The van der Waals surface area contributed by atoms with Crippen molar-refractivity contribution in [2.45, 2.75) is 57.4 Å². The smallest absolute Gasteiger partial charge is 0.162 e. The number of aromatic nitrogens is 2. The fourth-order valence-corrected chi connectivity index (χ4v) is 5.17. The van der Waals surface area contributed by atoms with Crippen molar-refractivity contribution in [3.63, 3.8) is 0 Å². The average molecular weight is 473 g/mol. The molecule has 0 unspecified atom stereocenters. The van der Waals surface area contributed by atoms with Crippen molar-refractivity contribution in [1.82, 2.24) is 14.9 Å². The minimum atomic E-state index is 0.231. The van der Waals surface area contributed by atoms with Gasteiger partial charge in [-0.15, -0.1) is 0 Å². The Balaban J connectivity index is 1.24. The van der Waals surface area contributed by atoms with Crippen molar-refractivity contribution in [2.75, 3.05) is 38.2 Å². The molecule has 0 saturated carbocycles. The van der Waals surface area contributed by atoms with Crippen molar-refractivity contribution in [2.24, 2.45) is 0 Å². The van der Waals surface area contributed by atoms with Crippen molar-refractivity contribution in [3.05, 3.63) is 54.4 Å². The molecule has 1 N–H and O–H groups in total. The fraction of sp³-hybridized carbons (Fsp3) is 0.483. The molecule has 2 fully saturated rings. The molecule has 0 radical (unpaired) electrons. The van der Waals surface area contributed by atoms with Gasteiger partial charge < -0.3 is 15.0 Å². The third kappa shape index (κ3) is 6.24. The number of pyridine rings is 2. The largest absolute Gasteiger partial charge is 0.381 e. The summed E-state index contributed by atoms with van der Waals surface area (Å²) in [4.78, 5) is 24.5. The number of carbonyl (C=O) groups excluding carboxylic acids is 1. The summed E-state index contributed by atoms with van der Waals surface area (Å²) < 4.78 is 5.51. The number of unbranched alkanes of at least 4 members (excludes halogenated alkanes) is 1. The Bertz CT molecular complexity index is 1120. The third-order valence-corrected chi connectivity index (χ3v) is 7.27. The number of piperidine rings is 1. The summed E-state index contributed by atoms with van der Waals surface area (Å²) in [5.41, 5.74) is 4.68. The van der Waals surface area contributed by atoms with Gasteiger partial charge in [-0.25, -0.2) is 4.98 Å². The van der Waals surface area contributed by atoms with E-state index in [1.54, 1.807) is 6.20 Å². The number of benzene rings is 1. The first-order valence-electron chi connectivity index (χ1n) is 13.2. The van der Waals surface area contributed by atoms with Gasteiger partial charge in [0.25, 0.3) is 0 Å². The highest BCUT2D eigenvalue weighted by Crippen LogP contribution is 2.29. The van der Waals surface area contributed by atoms with Crippen molar-refractivity contribution in [1.29, 1.82) is 0 Å². The number of carbonyl (C=O) groups is 1. The molecule has 1 aromatic carbocycles. The molecule has 184 valence electrons. The fourth-order valence-electron chi connectivity index (χ4n) is 5.17. The number of ether oxygens (including phenoxy) is 1. The lowest BCUT2D eigenvalue weighted by Gasteiger charge is -2.26. The molecule has 2 aliphatic heterocycles. The van der Waals surface area contributed by atoms with Gasteiger partial charge in [0.15, 0.2) is 5.78 Å². The lowest BCUT2D eigenvalue weighted by atomic mass is 10.0. The zero-order chi connectivity index (χ0) is 23.9. The lowest BCUT2D eigenvalue weighted by molar-refractivity contribution is 0.0904. The van der Waals surface area contributed by atoms with Crippen LogP contribution in [0.5, 0.6) is 0 Å². The summed E-state index contributed by atoms with van der Waals surface area (Å²) in [6.07, 6.45) is 12.3. The van der Waals surface area contributed by atoms with Crippen LogP contribution in [-0.4, -0.2) is 59.5 Å². The molecular formula is C29H36N4O2. The molecule has 4 heterocycles. The Hall–Kier alpha value is -2.83. The minimum Gasteiger partial charge on any atom is -0.381 e. The number of ketones is 1. The maximum absolute atomic E-state index is 12.7. The highest BCUT2D eigenvalue weighted by molar-refractivity contribution is 5.97. The lowest BCUT2D eigenvalue weighted by Crippen LogP contribution is -2.30. The Labute approximate surface area is 208 Å². The van der Waals surface area contributed by atoms with Crippen LogP contribution >= 0.6 is 0 Å². The highest BCUT2D eigenvalue weighted by Gasteiger charge is 2.16. The van der Waals surface area contributed by atoms with Crippen LogP contribution in [0.25, 0.3) is 22.2 Å². The van der Waals surface area contributed by atoms with Crippen molar-refractivity contribution in [3.8, 4) is 11.3 Å². The molecule has 0 atom stereocenters. The van der Waals surface area contributed by atoms with E-state index in [2.05, 4.69) is 21.3 Å². The van der Waals surface area contributed by atoms with E-state index in [0.717, 1.165) is 78.9 Å². The van der Waals surface area contributed by atoms with Crippen LogP contribution in [0, 0.1) is 0 Å². The van der Waals surface area contributed by atoms with E-state index in [4.69, 9.17) is 9.72 Å². The SMILES string of the molecule is O=C(CCCCN1CCCCC1)c1ccc(-c2cc(NC3CCOCC3)c3cnccc3n2)cc1. The summed E-state index contributed by atoms with van der Waals surface area (Å²) in [6.45, 7) is 5.15. The van der Waals surface area contributed by atoms with Gasteiger partial charge in [-0.2, -0.15) is 0 Å². The second-order valence-electron chi connectivity index (χ2n) is 9.84. The number of nitrogens with one attached hydrogen (secondary N) is 1. The first kappa shape index (κ1) is 23.9. The van der Waals surface area contributed by atoms with Crippen molar-refractivity contribution >= 4 is 22.4 Å². The molecular weight excluding hydrogens is 436 g/mol. The number of hydrogen-bond donors (Lipinski definition) is 1. The van der Waals surface area contributed by atoms with Crippen molar-refractivity contribution < 1.29 is 9.53 Å². The van der Waals surface area contributed by atoms with Crippen LogP contribution in [-0.2, 0) is 4.74 Å². The summed E-state index contributed by atoms with van der Waals surface area (Å²) >= 11 is 0. The standard InChI is InChI=1S/C29H36N4O2/c34-29(6-2-5-17-33-15-3-1-4-16-33)23-9-7-22(8-10-23)27-20-28(31-24-12-18-35-19-13-24)25-21-30-14-11-26(25)32-27/h7-11,14,20-21,24H,1-6,12-13,15-19H2,(H,31,32). The first-order valence-corrected chi connectivity index (χ1v) is 13.2. The second kappa shape index (κ2) is 11.7. The van der Waals surface area contributed by atoms with Crippen LogP contribution in [0.4, 0.5) is 5.69 Å². The topological polar surface area (TPSA) is 67.4 Å². The molecule has 2 aromatic heterocycles. The van der Waals surface area contributed by atoms with E-state index in [1.807, 2.05) is 36.5 Å². The molecule has 0 bridgehead atoms. The Morgan fingerprint density at radius 1 is 1.03 bits per heavy atom. The maximum atomic E-state index is 12.7. The second-order valence-corrected chi connectivity index (χ2v) is 9.84. The third-order valence-electron chi connectivity index (χ3n) is 7.27. The predicted octanol–water partition coefficient (Wildman–Crippen LogP) is 5.73. The van der Waals surface area contributed by atoms with Crippen LogP contribution in [0.15, 0.2) is 48.8 Å². The van der Waals surface area contributed by atoms with Crippen LogP contribution < -0.4 is 5.32 Å². The Kier molecular flexibility index (Phi) is 8.01. The molecule has 6 nitrogen and oxygen atoms in total. The summed E-state index contributed by atoms with van der Waals surface area (Å²) in [5, 5.41) is 4.73. The summed E-state index contributed by atoms with van der Waals surface area (Å²) in [6, 6.07) is 12.4. The zero-order valence-electron chi connectivity index (χ0n) is 20.5. The maximum Gasteiger partial charge on any atom is 0.162 e. The van der Waals surface area contributed by atoms with Gasteiger partial charge in [-0.05, 0) is 70.3 Å². The monoisotopic (exact) mass is 472 g/mol.